The van der Waals surface area contributed by atoms with Gasteiger partial charge < -0.3 is 19.8 Å². The van der Waals surface area contributed by atoms with Crippen molar-refractivity contribution in [1.82, 2.24) is 0 Å². The lowest BCUT2D eigenvalue weighted by Gasteiger charge is -2.20. The molecule has 0 bridgehead atoms. The quantitative estimate of drug-likeness (QED) is 0.504. The molecule has 0 unspecified atom stereocenters. The minimum absolute atomic E-state index is 0.304. The van der Waals surface area contributed by atoms with E-state index in [2.05, 4.69) is 5.16 Å². The molecule has 96 valence electrons. The van der Waals surface area contributed by atoms with E-state index in [1.54, 1.807) is 6.92 Å². The molecule has 3 atom stereocenters. The standard InChI is InChI=1S/C11H23NO4/c1-7(2)6-16-12-10(9(4)15-5)11(14)8(3)13/h7-9,11,13-14H,6H2,1-5H3/b12-10+/t8-,9+,11+/m1/s1. The molecule has 0 heterocycles. The average Bonchev–Trinajstić information content (AvgIpc) is 2.22. The predicted molar refractivity (Wildman–Crippen MR) is 62.4 cm³/mol. The SMILES string of the molecule is CO[C@@H](C)/C(=N\OCC(C)C)[C@@H](O)[C@@H](C)O. The molecular formula is C11H23NO4. The highest BCUT2D eigenvalue weighted by Gasteiger charge is 2.24. The second-order valence-electron chi connectivity index (χ2n) is 4.27. The van der Waals surface area contributed by atoms with E-state index in [1.165, 1.54) is 14.0 Å². The summed E-state index contributed by atoms with van der Waals surface area (Å²) in [6.45, 7) is 7.70. The van der Waals surface area contributed by atoms with Gasteiger partial charge in [0.1, 0.15) is 18.4 Å². The van der Waals surface area contributed by atoms with Crippen LogP contribution in [0.3, 0.4) is 0 Å². The van der Waals surface area contributed by atoms with Gasteiger partial charge in [0.05, 0.1) is 12.2 Å². The summed E-state index contributed by atoms with van der Waals surface area (Å²) in [6.07, 6.45) is -2.36. The Morgan fingerprint density at radius 3 is 2.12 bits per heavy atom. The minimum atomic E-state index is -1.07. The van der Waals surface area contributed by atoms with E-state index in [0.717, 1.165) is 0 Å². The molecule has 5 nitrogen and oxygen atoms in total. The highest BCUT2D eigenvalue weighted by atomic mass is 16.6. The number of aliphatic hydroxyl groups excluding tert-OH is 2. The van der Waals surface area contributed by atoms with Crippen LogP contribution in [-0.2, 0) is 9.57 Å². The van der Waals surface area contributed by atoms with Crippen LogP contribution in [0.2, 0.25) is 0 Å². The Hall–Kier alpha value is -0.650. The molecule has 0 aromatic carbocycles. The third-order valence-electron chi connectivity index (χ3n) is 2.11. The van der Waals surface area contributed by atoms with Crippen LogP contribution in [0.5, 0.6) is 0 Å². The fourth-order valence-electron chi connectivity index (χ4n) is 0.997. The van der Waals surface area contributed by atoms with Crippen molar-refractivity contribution in [2.75, 3.05) is 13.7 Å². The average molecular weight is 233 g/mol. The zero-order valence-corrected chi connectivity index (χ0v) is 10.7. The van der Waals surface area contributed by atoms with E-state index < -0.39 is 18.3 Å². The van der Waals surface area contributed by atoms with Crippen molar-refractivity contribution in [3.63, 3.8) is 0 Å². The Labute approximate surface area is 97.1 Å². The largest absolute Gasteiger partial charge is 0.395 e. The smallest absolute Gasteiger partial charge is 0.124 e. The molecule has 0 rings (SSSR count). The lowest BCUT2D eigenvalue weighted by Crippen LogP contribution is -2.39. The third-order valence-corrected chi connectivity index (χ3v) is 2.11. The van der Waals surface area contributed by atoms with Crippen LogP contribution in [-0.4, -0.2) is 48.0 Å². The highest BCUT2D eigenvalue weighted by molar-refractivity contribution is 5.92. The fraction of sp³-hybridized carbons (Fsp3) is 0.909. The molecule has 0 aliphatic heterocycles. The Balaban J connectivity index is 4.53. The molecule has 0 aliphatic carbocycles. The van der Waals surface area contributed by atoms with Gasteiger partial charge in [0, 0.05) is 7.11 Å². The maximum absolute atomic E-state index is 9.71. The Morgan fingerprint density at radius 1 is 1.19 bits per heavy atom. The van der Waals surface area contributed by atoms with Gasteiger partial charge in [0.15, 0.2) is 0 Å². The van der Waals surface area contributed by atoms with E-state index >= 15 is 0 Å². The van der Waals surface area contributed by atoms with Gasteiger partial charge in [0.25, 0.3) is 0 Å². The van der Waals surface area contributed by atoms with E-state index in [4.69, 9.17) is 9.57 Å². The highest BCUT2D eigenvalue weighted by Crippen LogP contribution is 2.05. The van der Waals surface area contributed by atoms with E-state index in [1.807, 2.05) is 13.8 Å². The van der Waals surface area contributed by atoms with Crippen LogP contribution in [0, 0.1) is 5.92 Å². The zero-order chi connectivity index (χ0) is 12.7. The molecule has 0 amide bonds. The number of hydrogen-bond donors (Lipinski definition) is 2. The number of methoxy groups -OCH3 is 1. The molecule has 0 aromatic heterocycles. The molecule has 16 heavy (non-hydrogen) atoms. The molecule has 0 spiro atoms. The molecule has 5 heteroatoms. The monoisotopic (exact) mass is 233 g/mol. The van der Waals surface area contributed by atoms with Gasteiger partial charge in [-0.05, 0) is 19.8 Å². The van der Waals surface area contributed by atoms with E-state index in [0.29, 0.717) is 18.2 Å². The van der Waals surface area contributed by atoms with Crippen LogP contribution >= 0.6 is 0 Å². The van der Waals surface area contributed by atoms with Crippen LogP contribution in [0.4, 0.5) is 0 Å². The van der Waals surface area contributed by atoms with Gasteiger partial charge >= 0.3 is 0 Å². The maximum atomic E-state index is 9.71. The lowest BCUT2D eigenvalue weighted by atomic mass is 10.1. The number of oxime groups is 1. The van der Waals surface area contributed by atoms with Gasteiger partial charge in [0.2, 0.25) is 0 Å². The van der Waals surface area contributed by atoms with Crippen molar-refractivity contribution in [3.05, 3.63) is 0 Å². The first kappa shape index (κ1) is 15.3. The van der Waals surface area contributed by atoms with Crippen LogP contribution in [0.1, 0.15) is 27.7 Å². The normalized spacial score (nSPS) is 18.4. The summed E-state index contributed by atoms with van der Waals surface area (Å²) >= 11 is 0. The molecule has 0 saturated carbocycles. The van der Waals surface area contributed by atoms with Gasteiger partial charge in [-0.2, -0.15) is 0 Å². The lowest BCUT2D eigenvalue weighted by molar-refractivity contribution is 0.0517. The Bertz CT molecular complexity index is 216. The van der Waals surface area contributed by atoms with Crippen LogP contribution in [0.25, 0.3) is 0 Å². The molecule has 0 fully saturated rings. The van der Waals surface area contributed by atoms with Gasteiger partial charge in [-0.25, -0.2) is 0 Å². The summed E-state index contributed by atoms with van der Waals surface area (Å²) in [5.74, 6) is 0.353. The second kappa shape index (κ2) is 7.60. The molecular weight excluding hydrogens is 210 g/mol. The third kappa shape index (κ3) is 5.44. The van der Waals surface area contributed by atoms with Crippen molar-refractivity contribution in [2.24, 2.45) is 11.1 Å². The predicted octanol–water partition coefficient (Wildman–Crippen LogP) is 0.792. The molecule has 0 saturated heterocycles. The van der Waals surface area contributed by atoms with Crippen molar-refractivity contribution < 1.29 is 19.8 Å². The summed E-state index contributed by atoms with van der Waals surface area (Å²) < 4.78 is 5.06. The summed E-state index contributed by atoms with van der Waals surface area (Å²) in [5, 5.41) is 22.9. The molecule has 0 radical (unpaired) electrons. The van der Waals surface area contributed by atoms with E-state index in [-0.39, 0.29) is 0 Å². The van der Waals surface area contributed by atoms with Crippen molar-refractivity contribution >= 4 is 5.71 Å². The Morgan fingerprint density at radius 2 is 1.75 bits per heavy atom. The number of rotatable bonds is 7. The maximum Gasteiger partial charge on any atom is 0.124 e. The molecule has 0 aliphatic rings. The summed E-state index contributed by atoms with van der Waals surface area (Å²) in [4.78, 5) is 5.09. The van der Waals surface area contributed by atoms with Gasteiger partial charge in [-0.1, -0.05) is 19.0 Å². The Kier molecular flexibility index (Phi) is 7.29. The number of ether oxygens (including phenoxy) is 1. The minimum Gasteiger partial charge on any atom is -0.395 e. The summed E-state index contributed by atoms with van der Waals surface area (Å²) in [5.41, 5.74) is 0.304. The van der Waals surface area contributed by atoms with Gasteiger partial charge in [-0.3, -0.25) is 0 Å². The van der Waals surface area contributed by atoms with Crippen molar-refractivity contribution in [2.45, 2.75) is 46.0 Å². The number of nitrogens with zero attached hydrogens (tertiary/aromatic N) is 1. The zero-order valence-electron chi connectivity index (χ0n) is 10.7. The summed E-state index contributed by atoms with van der Waals surface area (Å²) in [7, 11) is 1.51. The first-order valence-corrected chi connectivity index (χ1v) is 5.48. The number of hydrogen-bond acceptors (Lipinski definition) is 5. The molecule has 2 N–H and O–H groups in total. The first-order chi connectivity index (χ1) is 7.40. The van der Waals surface area contributed by atoms with E-state index in [9.17, 15) is 10.2 Å². The van der Waals surface area contributed by atoms with Gasteiger partial charge in [-0.15, -0.1) is 0 Å². The molecule has 0 aromatic rings. The number of aliphatic hydroxyl groups is 2. The fourth-order valence-corrected chi connectivity index (χ4v) is 0.997. The summed E-state index contributed by atoms with van der Waals surface area (Å²) in [6, 6.07) is 0. The first-order valence-electron chi connectivity index (χ1n) is 5.48. The second-order valence-corrected chi connectivity index (χ2v) is 4.27. The van der Waals surface area contributed by atoms with Crippen LogP contribution < -0.4 is 0 Å². The van der Waals surface area contributed by atoms with Crippen LogP contribution in [0.15, 0.2) is 5.16 Å². The van der Waals surface area contributed by atoms with Crippen molar-refractivity contribution in [1.29, 1.82) is 0 Å². The van der Waals surface area contributed by atoms with Crippen molar-refractivity contribution in [3.8, 4) is 0 Å². The topological polar surface area (TPSA) is 71.3 Å².